The van der Waals surface area contributed by atoms with Crippen LogP contribution < -0.4 is 0 Å². The Morgan fingerprint density at radius 3 is 2.79 bits per heavy atom. The first-order chi connectivity index (χ1) is 6.52. The molecule has 1 aromatic rings. The molecule has 0 atom stereocenters. The summed E-state index contributed by atoms with van der Waals surface area (Å²) in [7, 11) is 1.78. The lowest BCUT2D eigenvalue weighted by molar-refractivity contribution is 0.0695. The third-order valence-corrected chi connectivity index (χ3v) is 2.25. The van der Waals surface area contributed by atoms with Gasteiger partial charge in [0.25, 0.3) is 0 Å². The molecule has 0 amide bonds. The van der Waals surface area contributed by atoms with Crippen LogP contribution in [-0.2, 0) is 13.5 Å². The number of aromatic carboxylic acids is 1. The second-order valence-electron chi connectivity index (χ2n) is 3.87. The molecular formula is C10H16N2O2. The minimum Gasteiger partial charge on any atom is -0.478 e. The fourth-order valence-electron chi connectivity index (χ4n) is 1.36. The average molecular weight is 196 g/mol. The van der Waals surface area contributed by atoms with Gasteiger partial charge < -0.3 is 5.11 Å². The predicted molar refractivity (Wildman–Crippen MR) is 53.3 cm³/mol. The summed E-state index contributed by atoms with van der Waals surface area (Å²) in [5, 5.41) is 12.8. The minimum atomic E-state index is -0.892. The van der Waals surface area contributed by atoms with E-state index in [1.54, 1.807) is 11.7 Å². The van der Waals surface area contributed by atoms with Gasteiger partial charge in [-0.3, -0.25) is 4.68 Å². The van der Waals surface area contributed by atoms with Gasteiger partial charge in [-0.15, -0.1) is 0 Å². The first-order valence-electron chi connectivity index (χ1n) is 4.76. The summed E-state index contributed by atoms with van der Waals surface area (Å²) >= 11 is 0. The van der Waals surface area contributed by atoms with E-state index in [0.29, 0.717) is 11.5 Å². The van der Waals surface area contributed by atoms with E-state index in [-0.39, 0.29) is 0 Å². The van der Waals surface area contributed by atoms with Crippen molar-refractivity contribution < 1.29 is 9.90 Å². The predicted octanol–water partition coefficient (Wildman–Crippen LogP) is 1.71. The highest BCUT2D eigenvalue weighted by Gasteiger charge is 2.14. The maximum Gasteiger partial charge on any atom is 0.339 e. The van der Waals surface area contributed by atoms with E-state index in [1.165, 1.54) is 6.20 Å². The zero-order valence-electron chi connectivity index (χ0n) is 8.82. The standard InChI is InChI=1S/C10H16N2O2/c1-7(2)4-5-9-8(10(13)14)6-11-12(9)3/h6-7H,4-5H2,1-3H3,(H,13,14). The Kier molecular flexibility index (Phi) is 3.28. The fourth-order valence-corrected chi connectivity index (χ4v) is 1.36. The Morgan fingerprint density at radius 2 is 2.29 bits per heavy atom. The van der Waals surface area contributed by atoms with Crippen LogP contribution >= 0.6 is 0 Å². The van der Waals surface area contributed by atoms with Crippen molar-refractivity contribution in [3.8, 4) is 0 Å². The average Bonchev–Trinajstić information content (AvgIpc) is 2.43. The Balaban J connectivity index is 2.83. The molecule has 1 aromatic heterocycles. The molecule has 0 aliphatic carbocycles. The van der Waals surface area contributed by atoms with Gasteiger partial charge in [0, 0.05) is 7.05 Å². The molecule has 0 saturated carbocycles. The van der Waals surface area contributed by atoms with Crippen LogP contribution in [0.3, 0.4) is 0 Å². The molecule has 78 valence electrons. The highest BCUT2D eigenvalue weighted by Crippen LogP contribution is 2.13. The first kappa shape index (κ1) is 10.8. The third kappa shape index (κ3) is 2.34. The monoisotopic (exact) mass is 196 g/mol. The molecule has 0 radical (unpaired) electrons. The summed E-state index contributed by atoms with van der Waals surface area (Å²) in [6, 6.07) is 0. The Bertz CT molecular complexity index is 329. The largest absolute Gasteiger partial charge is 0.478 e. The van der Waals surface area contributed by atoms with Crippen LogP contribution in [0.1, 0.15) is 36.3 Å². The molecule has 14 heavy (non-hydrogen) atoms. The molecule has 4 nitrogen and oxygen atoms in total. The van der Waals surface area contributed by atoms with Gasteiger partial charge >= 0.3 is 5.97 Å². The maximum atomic E-state index is 10.8. The number of rotatable bonds is 4. The highest BCUT2D eigenvalue weighted by molar-refractivity contribution is 5.88. The van der Waals surface area contributed by atoms with Crippen molar-refractivity contribution in [2.45, 2.75) is 26.7 Å². The Hall–Kier alpha value is -1.32. The van der Waals surface area contributed by atoms with E-state index in [4.69, 9.17) is 5.11 Å². The normalized spacial score (nSPS) is 10.9. The van der Waals surface area contributed by atoms with Crippen LogP contribution in [0.15, 0.2) is 6.20 Å². The molecular weight excluding hydrogens is 180 g/mol. The summed E-state index contributed by atoms with van der Waals surface area (Å²) in [4.78, 5) is 10.8. The van der Waals surface area contributed by atoms with Gasteiger partial charge in [-0.1, -0.05) is 13.8 Å². The summed E-state index contributed by atoms with van der Waals surface area (Å²) in [6.07, 6.45) is 3.17. The zero-order chi connectivity index (χ0) is 10.7. The van der Waals surface area contributed by atoms with Crippen LogP contribution in [0.2, 0.25) is 0 Å². The van der Waals surface area contributed by atoms with Crippen molar-refractivity contribution in [2.75, 3.05) is 0 Å². The molecule has 0 spiro atoms. The summed E-state index contributed by atoms with van der Waals surface area (Å²) in [5.41, 5.74) is 1.14. The lowest BCUT2D eigenvalue weighted by Crippen LogP contribution is -2.06. The van der Waals surface area contributed by atoms with E-state index in [2.05, 4.69) is 18.9 Å². The third-order valence-electron chi connectivity index (χ3n) is 2.25. The molecule has 0 unspecified atom stereocenters. The number of hydrogen-bond donors (Lipinski definition) is 1. The van der Waals surface area contributed by atoms with Gasteiger partial charge in [0.15, 0.2) is 0 Å². The topological polar surface area (TPSA) is 55.1 Å². The van der Waals surface area contributed by atoms with Crippen molar-refractivity contribution in [2.24, 2.45) is 13.0 Å². The molecule has 1 N–H and O–H groups in total. The number of hydrogen-bond acceptors (Lipinski definition) is 2. The number of carboxylic acids is 1. The highest BCUT2D eigenvalue weighted by atomic mass is 16.4. The van der Waals surface area contributed by atoms with Crippen molar-refractivity contribution >= 4 is 5.97 Å². The summed E-state index contributed by atoms with van der Waals surface area (Å²) in [5.74, 6) is -0.316. The number of aryl methyl sites for hydroxylation is 1. The van der Waals surface area contributed by atoms with Crippen LogP contribution in [0.25, 0.3) is 0 Å². The Morgan fingerprint density at radius 1 is 1.64 bits per heavy atom. The molecule has 0 saturated heterocycles. The fraction of sp³-hybridized carbons (Fsp3) is 0.600. The smallest absolute Gasteiger partial charge is 0.339 e. The molecule has 0 aliphatic rings. The minimum absolute atomic E-state index is 0.327. The van der Waals surface area contributed by atoms with E-state index in [0.717, 1.165) is 18.5 Å². The van der Waals surface area contributed by atoms with Gasteiger partial charge in [-0.05, 0) is 18.8 Å². The quantitative estimate of drug-likeness (QED) is 0.797. The van der Waals surface area contributed by atoms with Crippen LogP contribution in [0.5, 0.6) is 0 Å². The van der Waals surface area contributed by atoms with E-state index < -0.39 is 5.97 Å². The number of carbonyl (C=O) groups is 1. The van der Waals surface area contributed by atoms with Crippen molar-refractivity contribution in [3.63, 3.8) is 0 Å². The lowest BCUT2D eigenvalue weighted by atomic mass is 10.0. The van der Waals surface area contributed by atoms with Gasteiger partial charge in [0.05, 0.1) is 11.9 Å². The lowest BCUT2D eigenvalue weighted by Gasteiger charge is -2.06. The zero-order valence-corrected chi connectivity index (χ0v) is 8.82. The molecule has 4 heteroatoms. The van der Waals surface area contributed by atoms with E-state index in [9.17, 15) is 4.79 Å². The summed E-state index contributed by atoms with van der Waals surface area (Å²) in [6.45, 7) is 4.24. The molecule has 0 aromatic carbocycles. The van der Waals surface area contributed by atoms with Crippen LogP contribution in [0, 0.1) is 5.92 Å². The van der Waals surface area contributed by atoms with E-state index in [1.807, 2.05) is 0 Å². The van der Waals surface area contributed by atoms with Gasteiger partial charge in [-0.25, -0.2) is 4.79 Å². The first-order valence-corrected chi connectivity index (χ1v) is 4.76. The van der Waals surface area contributed by atoms with Crippen LogP contribution in [0.4, 0.5) is 0 Å². The number of nitrogens with zero attached hydrogens (tertiary/aromatic N) is 2. The van der Waals surface area contributed by atoms with Gasteiger partial charge in [-0.2, -0.15) is 5.10 Å². The molecule has 1 rings (SSSR count). The maximum absolute atomic E-state index is 10.8. The van der Waals surface area contributed by atoms with Gasteiger partial charge in [0.1, 0.15) is 5.56 Å². The number of carboxylic acid groups (broad SMARTS) is 1. The second-order valence-corrected chi connectivity index (χ2v) is 3.87. The van der Waals surface area contributed by atoms with Crippen LogP contribution in [-0.4, -0.2) is 20.9 Å². The molecule has 1 heterocycles. The SMILES string of the molecule is CC(C)CCc1c(C(=O)O)cnn1C. The summed E-state index contributed by atoms with van der Waals surface area (Å²) < 4.78 is 1.64. The van der Waals surface area contributed by atoms with Crippen molar-refractivity contribution in [1.82, 2.24) is 9.78 Å². The van der Waals surface area contributed by atoms with E-state index >= 15 is 0 Å². The molecule has 0 aliphatic heterocycles. The molecule has 0 fully saturated rings. The van der Waals surface area contributed by atoms with Crippen molar-refractivity contribution in [1.29, 1.82) is 0 Å². The van der Waals surface area contributed by atoms with Crippen molar-refractivity contribution in [3.05, 3.63) is 17.5 Å². The Labute approximate surface area is 83.5 Å². The second kappa shape index (κ2) is 4.26. The van der Waals surface area contributed by atoms with Gasteiger partial charge in [0.2, 0.25) is 0 Å². The number of aromatic nitrogens is 2. The molecule has 0 bridgehead atoms.